The van der Waals surface area contributed by atoms with E-state index < -0.39 is 168 Å². The van der Waals surface area contributed by atoms with E-state index in [4.69, 9.17) is 56.4 Å². The topological polar surface area (TPSA) is 451 Å². The van der Waals surface area contributed by atoms with Gasteiger partial charge >= 0.3 is 62.9 Å². The fraction of sp³-hybridized carbons (Fsp3) is 0.746. The van der Waals surface area contributed by atoms with Crippen LogP contribution in [0.4, 0.5) is 0 Å². The van der Waals surface area contributed by atoms with Gasteiger partial charge in [-0.2, -0.15) is 0 Å². The zero-order valence-corrected chi connectivity index (χ0v) is 58.6. The van der Waals surface area contributed by atoms with E-state index in [-0.39, 0.29) is 103 Å². The van der Waals surface area contributed by atoms with E-state index in [0.29, 0.717) is 149 Å². The van der Waals surface area contributed by atoms with Crippen LogP contribution in [0.25, 0.3) is 0 Å². The Bertz CT molecular complexity index is 2690. The van der Waals surface area contributed by atoms with Gasteiger partial charge in [0.2, 0.25) is 0 Å². The third kappa shape index (κ3) is 35.8. The Morgan fingerprint density at radius 1 is 0.300 bits per heavy atom. The van der Waals surface area contributed by atoms with Crippen molar-refractivity contribution in [2.24, 2.45) is 0 Å². The van der Waals surface area contributed by atoms with E-state index in [9.17, 15) is 90.9 Å². The lowest BCUT2D eigenvalue weighted by Gasteiger charge is -2.23. The number of rotatable bonds is 54. The Morgan fingerprint density at radius 3 is 0.720 bits per heavy atom. The van der Waals surface area contributed by atoms with Crippen LogP contribution in [-0.2, 0) is 142 Å². The lowest BCUT2D eigenvalue weighted by Crippen LogP contribution is -2.31. The largest absolute Gasteiger partial charge is 0.462 e. The van der Waals surface area contributed by atoms with Gasteiger partial charge in [-0.15, -0.1) is 20.3 Å². The van der Waals surface area contributed by atoms with Crippen LogP contribution in [0.15, 0.2) is 0 Å². The Morgan fingerprint density at radius 2 is 0.490 bits per heavy atom. The van der Waals surface area contributed by atoms with Gasteiger partial charge in [-0.3, -0.25) is 66.7 Å². The third-order valence-corrected chi connectivity index (χ3v) is 17.8. The molecule has 100 heavy (non-hydrogen) atoms. The number of hydrogen-bond acceptors (Lipinski definition) is 31. The first-order valence-electron chi connectivity index (χ1n) is 34.0. The molecule has 0 spiro atoms. The molecule has 4 aliphatic heterocycles. The maximum absolute atomic E-state index is 13.5. The van der Waals surface area contributed by atoms with Crippen molar-refractivity contribution >= 4 is 110 Å². The monoisotopic (exact) mass is 1460 g/mol. The summed E-state index contributed by atoms with van der Waals surface area (Å²) in [6.07, 6.45) is 5.12. The van der Waals surface area contributed by atoms with Crippen molar-refractivity contribution in [1.82, 2.24) is 20.3 Å². The number of unbranched alkanes of at least 4 members (excludes halogenated alkanes) is 16. The van der Waals surface area contributed by atoms with E-state index in [1.54, 1.807) is 0 Å². The lowest BCUT2D eigenvalue weighted by molar-refractivity contribution is -0.197. The number of hydroxylamine groups is 8. The third-order valence-electron chi connectivity index (χ3n) is 15.3. The molecule has 0 bridgehead atoms. The Balaban J connectivity index is 1.21. The van der Waals surface area contributed by atoms with Crippen molar-refractivity contribution in [2.75, 3.05) is 53.0 Å². The number of nitrogens with zero attached hydrogens (tertiary/aromatic N) is 4. The number of carbonyl (C=O) groups is 16. The Hall–Kier alpha value is -7.42. The smallest absolute Gasteiger partial charge is 0.333 e. The van der Waals surface area contributed by atoms with Crippen molar-refractivity contribution in [3.05, 3.63) is 0 Å². The fourth-order valence-electron chi connectivity index (χ4n) is 9.74. The SMILES string of the molecule is CP(=O)(OCC(O)COP(C)(=O)OC[C@@H](COC(=O)CCCCCCCC(=O)ON1C(=O)CCC1=O)OC(=O)CCCCCCCC(=O)ON1C(=O)CCC1=O)OC[C@@H](COC(=O)CCCCCCCC(=O)ON1C(=O)CCC1=O)OC(=O)CCCCCCCC(=O)ON1C(=O)CCC1=O. The van der Waals surface area contributed by atoms with Crippen LogP contribution in [-0.4, -0.2) is 192 Å². The zero-order valence-electron chi connectivity index (χ0n) is 56.8. The summed E-state index contributed by atoms with van der Waals surface area (Å²) in [6.45, 7) is -1.62. The molecule has 37 heteroatoms. The predicted octanol–water partition coefficient (Wildman–Crippen LogP) is 6.32. The van der Waals surface area contributed by atoms with Gasteiger partial charge in [-0.05, 0) is 51.4 Å². The molecule has 562 valence electrons. The molecule has 4 aliphatic rings. The average Bonchev–Trinajstić information content (AvgIpc) is 0.965. The number of hydrogen-bond donors (Lipinski definition) is 1. The van der Waals surface area contributed by atoms with Gasteiger partial charge < -0.3 is 61.5 Å². The average molecular weight is 1470 g/mol. The molecule has 4 saturated heterocycles. The first-order chi connectivity index (χ1) is 47.6. The highest BCUT2D eigenvalue weighted by Crippen LogP contribution is 2.46. The van der Waals surface area contributed by atoms with Crippen LogP contribution < -0.4 is 0 Å². The van der Waals surface area contributed by atoms with Crippen LogP contribution in [0.3, 0.4) is 0 Å². The van der Waals surface area contributed by atoms with Gasteiger partial charge in [0.05, 0.1) is 26.4 Å². The Kier molecular flexibility index (Phi) is 39.2. The highest BCUT2D eigenvalue weighted by atomic mass is 31.2. The minimum Gasteiger partial charge on any atom is -0.462 e. The van der Waals surface area contributed by atoms with Crippen molar-refractivity contribution in [3.8, 4) is 0 Å². The van der Waals surface area contributed by atoms with Gasteiger partial charge in [0.15, 0.2) is 12.2 Å². The minimum atomic E-state index is -4.11. The fourth-order valence-corrected chi connectivity index (χ4v) is 11.6. The molecule has 0 saturated carbocycles. The summed E-state index contributed by atoms with van der Waals surface area (Å²) in [6, 6.07) is 0. The Labute approximate surface area is 578 Å². The molecule has 4 fully saturated rings. The van der Waals surface area contributed by atoms with Crippen LogP contribution in [0.2, 0.25) is 0 Å². The minimum absolute atomic E-state index is 0.0256. The maximum Gasteiger partial charge on any atom is 0.333 e. The molecular formula is C63H94N4O31P2. The molecule has 8 amide bonds. The summed E-state index contributed by atoms with van der Waals surface area (Å²) in [7, 11) is -8.22. The maximum atomic E-state index is 13.5. The second kappa shape index (κ2) is 46.2. The van der Waals surface area contributed by atoms with Crippen LogP contribution in [0.5, 0.6) is 0 Å². The van der Waals surface area contributed by atoms with Crippen LogP contribution in [0.1, 0.15) is 231 Å². The molecule has 1 N–H and O–H groups in total. The van der Waals surface area contributed by atoms with Crippen molar-refractivity contribution in [2.45, 2.75) is 249 Å². The standard InChI is InChI=1S/C63H94N4O31P2/c1-99(85,91-43-46(93-58(79)25-17-9-5-13-21-29-62(83)97-66-52(73)35-36-53(66)74)41-87-56(77)23-15-7-3-11-19-27-60(81)95-64-48(69)31-32-49(64)70)89-39-45(68)40-90-100(2,86)92-44-47(94-59(80)26-18-10-6-14-22-30-63(84)98-67-54(75)37-38-55(67)76)42-88-57(78)24-16-8-4-12-20-28-61(82)96-65-50(71)33-34-51(65)72/h45-47,68H,3-44H2,1-2H3/t45?,46-,47-,99?,100?/m1/s1. The number of aliphatic hydroxyl groups is 1. The second-order valence-electron chi connectivity index (χ2n) is 24.2. The van der Waals surface area contributed by atoms with Crippen LogP contribution in [0, 0.1) is 0 Å². The summed E-state index contributed by atoms with van der Waals surface area (Å²) in [5.41, 5.74) is 0. The number of imide groups is 4. The summed E-state index contributed by atoms with van der Waals surface area (Å²) < 4.78 is 70.5. The van der Waals surface area contributed by atoms with E-state index in [1.807, 2.05) is 0 Å². The summed E-state index contributed by atoms with van der Waals surface area (Å²) in [5, 5.41) is 12.7. The summed E-state index contributed by atoms with van der Waals surface area (Å²) in [4.78, 5) is 213. The van der Waals surface area contributed by atoms with Gasteiger partial charge in [-0.25, -0.2) is 19.2 Å². The molecule has 2 unspecified atom stereocenters. The van der Waals surface area contributed by atoms with E-state index >= 15 is 0 Å². The second-order valence-corrected chi connectivity index (χ2v) is 28.3. The van der Waals surface area contributed by atoms with Gasteiger partial charge in [0.25, 0.3) is 47.3 Å². The first kappa shape index (κ1) is 85.0. The molecule has 35 nitrogen and oxygen atoms in total. The first-order valence-corrected chi connectivity index (χ1v) is 38.0. The molecule has 0 radical (unpaired) electrons. The molecule has 0 aromatic heterocycles. The number of amides is 8. The quantitative estimate of drug-likeness (QED) is 0.0229. The number of esters is 4. The van der Waals surface area contributed by atoms with E-state index in [1.165, 1.54) is 0 Å². The highest BCUT2D eigenvalue weighted by Gasteiger charge is 2.37. The highest BCUT2D eigenvalue weighted by molar-refractivity contribution is 7.53. The molecule has 4 atom stereocenters. The molecule has 0 aliphatic carbocycles. The molecule has 4 heterocycles. The molecular weight excluding hydrogens is 1370 g/mol. The van der Waals surface area contributed by atoms with Gasteiger partial charge in [0, 0.05) is 116 Å². The van der Waals surface area contributed by atoms with E-state index in [2.05, 4.69) is 0 Å². The molecule has 0 aromatic rings. The summed E-state index contributed by atoms with van der Waals surface area (Å²) >= 11 is 0. The number of carbonyl (C=O) groups excluding carboxylic acids is 16. The van der Waals surface area contributed by atoms with Crippen molar-refractivity contribution < 1.29 is 147 Å². The summed E-state index contributed by atoms with van der Waals surface area (Å²) in [5.74, 6) is -10.3. The van der Waals surface area contributed by atoms with Gasteiger partial charge in [-0.1, -0.05) is 77.0 Å². The number of ether oxygens (including phenoxy) is 4. The van der Waals surface area contributed by atoms with Gasteiger partial charge in [0.1, 0.15) is 19.3 Å². The van der Waals surface area contributed by atoms with Crippen molar-refractivity contribution in [1.29, 1.82) is 0 Å². The molecule has 4 rings (SSSR count). The normalized spacial score (nSPS) is 16.9. The van der Waals surface area contributed by atoms with E-state index in [0.717, 1.165) is 13.3 Å². The molecule has 0 aromatic carbocycles. The zero-order chi connectivity index (χ0) is 73.5. The van der Waals surface area contributed by atoms with Crippen LogP contribution >= 0.6 is 15.2 Å². The van der Waals surface area contributed by atoms with Crippen molar-refractivity contribution in [3.63, 3.8) is 0 Å². The lowest BCUT2D eigenvalue weighted by atomic mass is 10.1. The number of aliphatic hydroxyl groups excluding tert-OH is 1. The predicted molar refractivity (Wildman–Crippen MR) is 337 cm³/mol.